The van der Waals surface area contributed by atoms with Crippen molar-refractivity contribution in [1.29, 1.82) is 0 Å². The molecule has 1 aromatic rings. The van der Waals surface area contributed by atoms with E-state index in [0.29, 0.717) is 11.5 Å². The first-order chi connectivity index (χ1) is 11.8. The molecular weight excluding hydrogens is 326 g/mol. The van der Waals surface area contributed by atoms with Gasteiger partial charge in [-0.2, -0.15) is 0 Å². The summed E-state index contributed by atoms with van der Waals surface area (Å²) in [7, 11) is 0. The second-order valence-electron chi connectivity index (χ2n) is 6.74. The number of benzene rings is 1. The lowest BCUT2D eigenvalue weighted by Gasteiger charge is -2.22. The number of amides is 4. The van der Waals surface area contributed by atoms with Gasteiger partial charge in [0, 0.05) is 12.5 Å². The number of hydrogen-bond acceptors (Lipinski definition) is 5. The van der Waals surface area contributed by atoms with E-state index in [-0.39, 0.29) is 31.7 Å². The van der Waals surface area contributed by atoms with Crippen LogP contribution in [0.25, 0.3) is 0 Å². The topological polar surface area (TPSA) is 97.0 Å². The molecule has 0 bridgehead atoms. The standard InChI is InChI=1S/C17H21N3O5/c1-10(2)18-14(21)8-20-15(22)17(3,19-16(20)23)7-11-4-5-12-13(6-11)25-9-24-12/h4-6,10H,7-9H2,1-3H3,(H,18,21)(H,19,23)/t17-/m1/s1. The van der Waals surface area contributed by atoms with Gasteiger partial charge in [0.05, 0.1) is 0 Å². The van der Waals surface area contributed by atoms with Crippen molar-refractivity contribution in [2.45, 2.75) is 38.8 Å². The smallest absolute Gasteiger partial charge is 0.325 e. The Morgan fingerprint density at radius 1 is 1.32 bits per heavy atom. The van der Waals surface area contributed by atoms with Crippen LogP contribution in [-0.4, -0.2) is 47.7 Å². The highest BCUT2D eigenvalue weighted by Gasteiger charge is 2.48. The van der Waals surface area contributed by atoms with Gasteiger partial charge in [-0.05, 0) is 38.5 Å². The lowest BCUT2D eigenvalue weighted by Crippen LogP contribution is -2.47. The molecule has 4 amide bonds. The predicted molar refractivity (Wildman–Crippen MR) is 88.2 cm³/mol. The molecule has 0 spiro atoms. The summed E-state index contributed by atoms with van der Waals surface area (Å²) in [6, 6.07) is 4.77. The van der Waals surface area contributed by atoms with Gasteiger partial charge in [-0.3, -0.25) is 14.5 Å². The number of carbonyl (C=O) groups is 3. The van der Waals surface area contributed by atoms with E-state index in [2.05, 4.69) is 10.6 Å². The summed E-state index contributed by atoms with van der Waals surface area (Å²) in [5, 5.41) is 5.36. The Bertz CT molecular complexity index is 733. The average molecular weight is 347 g/mol. The Hall–Kier alpha value is -2.77. The molecule has 0 aromatic heterocycles. The third-order valence-corrected chi connectivity index (χ3v) is 4.09. The maximum Gasteiger partial charge on any atom is 0.325 e. The van der Waals surface area contributed by atoms with Crippen LogP contribution < -0.4 is 20.1 Å². The van der Waals surface area contributed by atoms with Crippen LogP contribution in [0.4, 0.5) is 4.79 Å². The van der Waals surface area contributed by atoms with Crippen molar-refractivity contribution < 1.29 is 23.9 Å². The number of ether oxygens (including phenoxy) is 2. The minimum absolute atomic E-state index is 0.0618. The molecule has 8 heteroatoms. The third-order valence-electron chi connectivity index (χ3n) is 4.09. The zero-order valence-electron chi connectivity index (χ0n) is 14.4. The average Bonchev–Trinajstić information content (AvgIpc) is 3.05. The number of urea groups is 1. The number of carbonyl (C=O) groups excluding carboxylic acids is 3. The van der Waals surface area contributed by atoms with Gasteiger partial charge in [-0.1, -0.05) is 6.07 Å². The van der Waals surface area contributed by atoms with E-state index in [1.54, 1.807) is 19.1 Å². The van der Waals surface area contributed by atoms with E-state index in [1.165, 1.54) is 0 Å². The monoisotopic (exact) mass is 347 g/mol. The highest BCUT2D eigenvalue weighted by atomic mass is 16.7. The fraction of sp³-hybridized carbons (Fsp3) is 0.471. The third kappa shape index (κ3) is 3.38. The molecule has 0 aliphatic carbocycles. The molecule has 8 nitrogen and oxygen atoms in total. The summed E-state index contributed by atoms with van der Waals surface area (Å²) in [6.45, 7) is 5.16. The molecule has 3 rings (SSSR count). The number of hydrogen-bond donors (Lipinski definition) is 2. The second kappa shape index (κ2) is 6.27. The number of nitrogens with one attached hydrogen (secondary N) is 2. The van der Waals surface area contributed by atoms with Gasteiger partial charge in [0.2, 0.25) is 12.7 Å². The Kier molecular flexibility index (Phi) is 4.28. The molecule has 134 valence electrons. The van der Waals surface area contributed by atoms with Crippen LogP contribution >= 0.6 is 0 Å². The Labute approximate surface area is 145 Å². The van der Waals surface area contributed by atoms with Crippen molar-refractivity contribution in [1.82, 2.24) is 15.5 Å². The highest BCUT2D eigenvalue weighted by Crippen LogP contribution is 2.34. The van der Waals surface area contributed by atoms with Crippen LogP contribution in [-0.2, 0) is 16.0 Å². The van der Waals surface area contributed by atoms with Crippen molar-refractivity contribution in [2.24, 2.45) is 0 Å². The molecule has 2 heterocycles. The van der Waals surface area contributed by atoms with E-state index in [0.717, 1.165) is 10.5 Å². The molecule has 0 radical (unpaired) electrons. The molecule has 1 fully saturated rings. The summed E-state index contributed by atoms with van der Waals surface area (Å²) < 4.78 is 10.6. The predicted octanol–water partition coefficient (Wildman–Crippen LogP) is 0.793. The van der Waals surface area contributed by atoms with Crippen molar-refractivity contribution in [3.63, 3.8) is 0 Å². The number of fused-ring (bicyclic) bond motifs is 1. The SMILES string of the molecule is CC(C)NC(=O)CN1C(=O)N[C@](C)(Cc2ccc3c(c2)OCO3)C1=O. The van der Waals surface area contributed by atoms with E-state index in [4.69, 9.17) is 9.47 Å². The van der Waals surface area contributed by atoms with Gasteiger partial charge in [-0.25, -0.2) is 4.79 Å². The van der Waals surface area contributed by atoms with E-state index < -0.39 is 17.5 Å². The lowest BCUT2D eigenvalue weighted by molar-refractivity contribution is -0.134. The fourth-order valence-corrected chi connectivity index (χ4v) is 2.98. The van der Waals surface area contributed by atoms with Crippen LogP contribution in [0.3, 0.4) is 0 Å². The first-order valence-electron chi connectivity index (χ1n) is 8.10. The van der Waals surface area contributed by atoms with Gasteiger partial charge in [0.25, 0.3) is 5.91 Å². The molecule has 0 saturated carbocycles. The molecule has 1 atom stereocenters. The van der Waals surface area contributed by atoms with Gasteiger partial charge < -0.3 is 20.1 Å². The maximum atomic E-state index is 12.7. The summed E-state index contributed by atoms with van der Waals surface area (Å²) in [6.07, 6.45) is 0.288. The van der Waals surface area contributed by atoms with Crippen LogP contribution in [0.1, 0.15) is 26.3 Å². The van der Waals surface area contributed by atoms with Gasteiger partial charge in [0.1, 0.15) is 12.1 Å². The van der Waals surface area contributed by atoms with E-state index >= 15 is 0 Å². The van der Waals surface area contributed by atoms with Crippen LogP contribution in [0.2, 0.25) is 0 Å². The molecule has 2 N–H and O–H groups in total. The summed E-state index contributed by atoms with van der Waals surface area (Å²) >= 11 is 0. The molecular formula is C17H21N3O5. The normalized spacial score (nSPS) is 21.7. The minimum atomic E-state index is -1.11. The van der Waals surface area contributed by atoms with Gasteiger partial charge >= 0.3 is 6.03 Å². The Morgan fingerprint density at radius 3 is 2.76 bits per heavy atom. The molecule has 1 saturated heterocycles. The van der Waals surface area contributed by atoms with Crippen molar-refractivity contribution in [3.05, 3.63) is 23.8 Å². The molecule has 2 aliphatic rings. The molecule has 2 aliphatic heterocycles. The summed E-state index contributed by atoms with van der Waals surface area (Å²) in [5.74, 6) is 0.480. The van der Waals surface area contributed by atoms with Gasteiger partial charge in [-0.15, -0.1) is 0 Å². The van der Waals surface area contributed by atoms with E-state index in [9.17, 15) is 14.4 Å². The fourth-order valence-electron chi connectivity index (χ4n) is 2.98. The first kappa shape index (κ1) is 17.1. The lowest BCUT2D eigenvalue weighted by atomic mass is 9.92. The summed E-state index contributed by atoms with van der Waals surface area (Å²) in [4.78, 5) is 37.7. The summed E-state index contributed by atoms with van der Waals surface area (Å²) in [5.41, 5.74) is -0.281. The highest BCUT2D eigenvalue weighted by molar-refractivity contribution is 6.08. The zero-order valence-corrected chi connectivity index (χ0v) is 14.4. The Balaban J connectivity index is 1.72. The quantitative estimate of drug-likeness (QED) is 0.768. The van der Waals surface area contributed by atoms with Crippen LogP contribution in [0.15, 0.2) is 18.2 Å². The van der Waals surface area contributed by atoms with Gasteiger partial charge in [0.15, 0.2) is 11.5 Å². The maximum absolute atomic E-state index is 12.7. The molecule has 25 heavy (non-hydrogen) atoms. The van der Waals surface area contributed by atoms with Crippen molar-refractivity contribution in [3.8, 4) is 11.5 Å². The molecule has 1 aromatic carbocycles. The van der Waals surface area contributed by atoms with Crippen LogP contribution in [0.5, 0.6) is 11.5 Å². The van der Waals surface area contributed by atoms with Crippen molar-refractivity contribution >= 4 is 17.8 Å². The number of rotatable bonds is 5. The van der Waals surface area contributed by atoms with Crippen molar-refractivity contribution in [2.75, 3.05) is 13.3 Å². The second-order valence-corrected chi connectivity index (χ2v) is 6.74. The zero-order chi connectivity index (χ0) is 18.2. The molecule has 0 unspecified atom stereocenters. The number of nitrogens with zero attached hydrogens (tertiary/aromatic N) is 1. The largest absolute Gasteiger partial charge is 0.454 e. The van der Waals surface area contributed by atoms with Crippen LogP contribution in [0, 0.1) is 0 Å². The minimum Gasteiger partial charge on any atom is -0.454 e. The Morgan fingerprint density at radius 2 is 2.04 bits per heavy atom. The van der Waals surface area contributed by atoms with E-state index in [1.807, 2.05) is 19.9 Å². The number of imide groups is 1. The first-order valence-corrected chi connectivity index (χ1v) is 8.10.